The molecule has 0 atom stereocenters. The molecular formula is C42H39F3N12. The highest BCUT2D eigenvalue weighted by Gasteiger charge is 2.20. The van der Waals surface area contributed by atoms with Crippen molar-refractivity contribution in [1.29, 1.82) is 0 Å². The number of hydrogen-bond acceptors (Lipinski definition) is 10. The second-order valence-electron chi connectivity index (χ2n) is 14.6. The van der Waals surface area contributed by atoms with Gasteiger partial charge in [-0.2, -0.15) is 30.3 Å². The van der Waals surface area contributed by atoms with Crippen LogP contribution < -0.4 is 10.6 Å². The smallest absolute Gasteiger partial charge is 0.153 e. The maximum atomic E-state index is 15.1. The summed E-state index contributed by atoms with van der Waals surface area (Å²) in [7, 11) is 3.51. The Bertz CT molecular complexity index is 2860. The third kappa shape index (κ3) is 7.19. The van der Waals surface area contributed by atoms with Crippen LogP contribution in [0.1, 0.15) is 48.9 Å². The summed E-state index contributed by atoms with van der Waals surface area (Å²) >= 11 is 0. The first kappa shape index (κ1) is 36.4. The number of nitrogens with one attached hydrogen (secondary N) is 2. The number of aromatic nitrogens is 10. The normalized spacial score (nSPS) is 15.0. The highest BCUT2D eigenvalue weighted by atomic mass is 19.1. The van der Waals surface area contributed by atoms with Crippen LogP contribution in [0.2, 0.25) is 0 Å². The summed E-state index contributed by atoms with van der Waals surface area (Å²) in [6.07, 6.45) is 7.64. The lowest BCUT2D eigenvalue weighted by atomic mass is 9.93. The maximum absolute atomic E-state index is 15.1. The fourth-order valence-electron chi connectivity index (χ4n) is 7.73. The van der Waals surface area contributed by atoms with Gasteiger partial charge in [0.2, 0.25) is 0 Å². The number of nitrogens with zero attached hydrogens (tertiary/aromatic N) is 10. The zero-order valence-corrected chi connectivity index (χ0v) is 31.7. The van der Waals surface area contributed by atoms with Crippen LogP contribution in [-0.4, -0.2) is 76.3 Å². The Morgan fingerprint density at radius 3 is 2.12 bits per heavy atom. The van der Waals surface area contributed by atoms with Gasteiger partial charge >= 0.3 is 0 Å². The molecule has 5 aromatic heterocycles. The first-order valence-electron chi connectivity index (χ1n) is 19.1. The van der Waals surface area contributed by atoms with Gasteiger partial charge in [0, 0.05) is 48.5 Å². The Kier molecular flexibility index (Phi) is 9.62. The Morgan fingerprint density at radius 1 is 0.649 bits per heavy atom. The van der Waals surface area contributed by atoms with Gasteiger partial charge in [-0.15, -0.1) is 10.2 Å². The number of fused-ring (bicyclic) bond motifs is 4. The minimum atomic E-state index is -0.504. The molecule has 57 heavy (non-hydrogen) atoms. The number of aryl methyl sites for hydroxylation is 3. The fraction of sp³-hybridized carbons (Fsp3) is 0.286. The number of hydrogen-bond donors (Lipinski definition) is 2. The zero-order valence-electron chi connectivity index (χ0n) is 31.7. The van der Waals surface area contributed by atoms with Crippen LogP contribution in [0.4, 0.5) is 13.2 Å². The van der Waals surface area contributed by atoms with Crippen molar-refractivity contribution in [2.24, 2.45) is 14.1 Å². The van der Waals surface area contributed by atoms with Crippen LogP contribution in [0.15, 0.2) is 66.9 Å². The lowest BCUT2D eigenvalue weighted by Crippen LogP contribution is -2.27. The summed E-state index contributed by atoms with van der Waals surface area (Å²) in [5, 5.41) is 37.2. The summed E-state index contributed by atoms with van der Waals surface area (Å²) in [5.74, 6) is -0.817. The van der Waals surface area contributed by atoms with Gasteiger partial charge in [0.15, 0.2) is 5.82 Å². The minimum absolute atomic E-state index is 0.186. The number of piperidine rings is 1. The molecule has 0 unspecified atom stereocenters. The first-order valence-corrected chi connectivity index (χ1v) is 19.1. The number of benzene rings is 3. The van der Waals surface area contributed by atoms with Gasteiger partial charge in [0.1, 0.15) is 33.7 Å². The van der Waals surface area contributed by atoms with Gasteiger partial charge in [-0.3, -0.25) is 4.68 Å². The van der Waals surface area contributed by atoms with E-state index in [9.17, 15) is 8.78 Å². The van der Waals surface area contributed by atoms with Crippen molar-refractivity contribution in [3.63, 3.8) is 0 Å². The second-order valence-corrected chi connectivity index (χ2v) is 14.6. The Labute approximate surface area is 325 Å². The molecule has 1 saturated heterocycles. The SMILES string of the molecule is CCc1cc(-c2cc(F)c3cc(C4CCNCC4)nnc3c2)nc2cn(C)nc12.Cn1nc2cc(-c3cc4c(F)cc(C5=CCNCC5)cc4nn3)cc(F)c2n1. The van der Waals surface area contributed by atoms with E-state index in [4.69, 9.17) is 4.98 Å². The van der Waals surface area contributed by atoms with Crippen LogP contribution in [0.3, 0.4) is 0 Å². The van der Waals surface area contributed by atoms with Crippen molar-refractivity contribution in [2.45, 2.75) is 38.5 Å². The van der Waals surface area contributed by atoms with Gasteiger partial charge in [-0.05, 0) is 117 Å². The van der Waals surface area contributed by atoms with E-state index in [0.717, 1.165) is 91.0 Å². The van der Waals surface area contributed by atoms with Gasteiger partial charge in [0.25, 0.3) is 0 Å². The standard InChI is InChI=1S/C22H23FN6.C20H16F2N6/c1-3-13-9-18(25-21-12-29(2)28-22(13)21)15-8-17(23)16-11-19(26-27-20(16)10-15)14-4-6-24-7-5-14;1-28-26-19-9-13(7-16(22)20(19)27-28)17-10-14-15(21)6-12(8-18(14)25-24-17)11-2-4-23-5-3-11/h8-12,14,24H,3-7H2,1-2H3;2,6-10,23H,3-5H2,1H3. The van der Waals surface area contributed by atoms with Crippen LogP contribution in [0.25, 0.3) is 72.0 Å². The molecule has 0 spiro atoms. The van der Waals surface area contributed by atoms with E-state index in [2.05, 4.69) is 59.3 Å². The van der Waals surface area contributed by atoms with Crippen molar-refractivity contribution in [3.8, 4) is 22.5 Å². The third-order valence-corrected chi connectivity index (χ3v) is 10.7. The van der Waals surface area contributed by atoms with Crippen LogP contribution in [0.5, 0.6) is 0 Å². The quantitative estimate of drug-likeness (QED) is 0.189. The average molecular weight is 769 g/mol. The Balaban J connectivity index is 0.000000148. The molecule has 15 heteroatoms. The molecule has 0 aliphatic carbocycles. The maximum Gasteiger partial charge on any atom is 0.153 e. The molecule has 12 nitrogen and oxygen atoms in total. The molecule has 8 aromatic rings. The number of rotatable bonds is 5. The molecule has 2 aliphatic rings. The van der Waals surface area contributed by atoms with Crippen LogP contribution >= 0.6 is 0 Å². The predicted octanol–water partition coefficient (Wildman–Crippen LogP) is 6.98. The molecular weight excluding hydrogens is 730 g/mol. The van der Waals surface area contributed by atoms with E-state index >= 15 is 4.39 Å². The van der Waals surface area contributed by atoms with E-state index < -0.39 is 5.82 Å². The highest BCUT2D eigenvalue weighted by Crippen LogP contribution is 2.32. The Morgan fingerprint density at radius 2 is 1.35 bits per heavy atom. The molecule has 3 aromatic carbocycles. The van der Waals surface area contributed by atoms with E-state index in [1.807, 2.05) is 37.5 Å². The van der Waals surface area contributed by atoms with E-state index in [1.165, 1.54) is 16.9 Å². The molecule has 0 amide bonds. The van der Waals surface area contributed by atoms with Crippen molar-refractivity contribution >= 4 is 49.4 Å². The molecule has 0 radical (unpaired) electrons. The molecule has 2 N–H and O–H groups in total. The molecule has 7 heterocycles. The van der Waals surface area contributed by atoms with Crippen molar-refractivity contribution in [1.82, 2.24) is 60.8 Å². The lowest BCUT2D eigenvalue weighted by molar-refractivity contribution is 0.451. The Hall–Kier alpha value is -6.19. The molecule has 10 rings (SSSR count). The molecule has 0 saturated carbocycles. The molecule has 2 aliphatic heterocycles. The average Bonchev–Trinajstić information content (AvgIpc) is 3.82. The number of halogens is 3. The monoisotopic (exact) mass is 768 g/mol. The van der Waals surface area contributed by atoms with Gasteiger partial charge in [-0.1, -0.05) is 13.0 Å². The molecule has 288 valence electrons. The first-order chi connectivity index (χ1) is 27.7. The van der Waals surface area contributed by atoms with Crippen molar-refractivity contribution < 1.29 is 13.2 Å². The summed E-state index contributed by atoms with van der Waals surface area (Å²) in [6.45, 7) is 5.66. The zero-order chi connectivity index (χ0) is 39.2. The van der Waals surface area contributed by atoms with E-state index in [-0.39, 0.29) is 17.2 Å². The summed E-state index contributed by atoms with van der Waals surface area (Å²) in [4.78, 5) is 6.01. The summed E-state index contributed by atoms with van der Waals surface area (Å²) < 4.78 is 46.0. The van der Waals surface area contributed by atoms with Crippen molar-refractivity contribution in [3.05, 3.63) is 101 Å². The molecule has 0 bridgehead atoms. The third-order valence-electron chi connectivity index (χ3n) is 10.7. The minimum Gasteiger partial charge on any atom is -0.317 e. The summed E-state index contributed by atoms with van der Waals surface area (Å²) in [6, 6.07) is 15.2. The van der Waals surface area contributed by atoms with Crippen molar-refractivity contribution in [2.75, 3.05) is 26.2 Å². The largest absolute Gasteiger partial charge is 0.317 e. The van der Waals surface area contributed by atoms with E-state index in [0.29, 0.717) is 50.1 Å². The molecule has 1 fully saturated rings. The highest BCUT2D eigenvalue weighted by molar-refractivity contribution is 5.89. The summed E-state index contributed by atoms with van der Waals surface area (Å²) in [5.41, 5.74) is 9.53. The van der Waals surface area contributed by atoms with Gasteiger partial charge in [0.05, 0.1) is 34.3 Å². The lowest BCUT2D eigenvalue weighted by Gasteiger charge is -2.21. The predicted molar refractivity (Wildman–Crippen MR) is 214 cm³/mol. The van der Waals surface area contributed by atoms with Crippen LogP contribution in [0, 0.1) is 17.5 Å². The van der Waals surface area contributed by atoms with Crippen LogP contribution in [-0.2, 0) is 20.5 Å². The second kappa shape index (κ2) is 15.0. The van der Waals surface area contributed by atoms with E-state index in [1.54, 1.807) is 29.9 Å². The van der Waals surface area contributed by atoms with Gasteiger partial charge in [-0.25, -0.2) is 18.2 Å². The topological polar surface area (TPSA) is 137 Å². The van der Waals surface area contributed by atoms with Gasteiger partial charge < -0.3 is 10.6 Å². The fourth-order valence-corrected chi connectivity index (χ4v) is 7.73. The number of pyridine rings is 1.